The molecule has 2 nitrogen and oxygen atoms in total. The lowest BCUT2D eigenvalue weighted by atomic mass is 10.1. The topological polar surface area (TPSA) is 29.5 Å². The Kier molecular flexibility index (Phi) is 2.51. The van der Waals surface area contributed by atoms with Crippen molar-refractivity contribution in [3.8, 4) is 22.6 Å². The third kappa shape index (κ3) is 1.84. The zero-order valence-corrected chi connectivity index (χ0v) is 10.6. The van der Waals surface area contributed by atoms with Gasteiger partial charge in [0.15, 0.2) is 0 Å². The maximum atomic E-state index is 9.61. The number of ether oxygens (including phenoxy) is 1. The van der Waals surface area contributed by atoms with Gasteiger partial charge in [0.25, 0.3) is 0 Å². The van der Waals surface area contributed by atoms with Crippen molar-refractivity contribution in [1.29, 1.82) is 0 Å². The number of phenols is 1. The first-order valence-corrected chi connectivity index (χ1v) is 6.25. The molecule has 0 atom stereocenters. The lowest BCUT2D eigenvalue weighted by Gasteiger charge is -2.11. The first-order valence-electron chi connectivity index (χ1n) is 6.25. The Bertz CT molecular complexity index is 600. The van der Waals surface area contributed by atoms with E-state index in [2.05, 4.69) is 12.1 Å². The Labute approximate surface area is 107 Å². The summed E-state index contributed by atoms with van der Waals surface area (Å²) < 4.78 is 5.72. The zero-order chi connectivity index (χ0) is 12.7. The second-order valence-electron chi connectivity index (χ2n) is 5.00. The largest absolute Gasteiger partial charge is 0.508 e. The van der Waals surface area contributed by atoms with Gasteiger partial charge in [-0.2, -0.15) is 0 Å². The maximum Gasteiger partial charge on any atom is 0.120 e. The average molecular weight is 240 g/mol. The summed E-state index contributed by atoms with van der Waals surface area (Å²) >= 11 is 0. The smallest absolute Gasteiger partial charge is 0.120 e. The number of phenolic OH excluding ortho intramolecular Hbond substituents is 1. The molecule has 18 heavy (non-hydrogen) atoms. The van der Waals surface area contributed by atoms with Crippen molar-refractivity contribution in [3.05, 3.63) is 47.5 Å². The van der Waals surface area contributed by atoms with Crippen LogP contribution in [-0.4, -0.2) is 11.2 Å². The molecule has 0 fully saturated rings. The predicted octanol–water partition coefficient (Wildman–Crippen LogP) is 3.75. The summed E-state index contributed by atoms with van der Waals surface area (Å²) in [6, 6.07) is 11.8. The summed E-state index contributed by atoms with van der Waals surface area (Å²) in [5.41, 5.74) is 4.87. The second-order valence-corrected chi connectivity index (χ2v) is 5.00. The molecule has 0 bridgehead atoms. The lowest BCUT2D eigenvalue weighted by Crippen LogP contribution is -2.05. The fourth-order valence-electron chi connectivity index (χ4n) is 2.48. The molecule has 0 amide bonds. The molecule has 92 valence electrons. The summed E-state index contributed by atoms with van der Waals surface area (Å²) in [5.74, 6) is 1.21. The first kappa shape index (κ1) is 11.1. The predicted molar refractivity (Wildman–Crippen MR) is 72.1 cm³/mol. The van der Waals surface area contributed by atoms with Crippen molar-refractivity contribution in [1.82, 2.24) is 0 Å². The van der Waals surface area contributed by atoms with E-state index in [0.29, 0.717) is 5.75 Å². The quantitative estimate of drug-likeness (QED) is 0.739. The van der Waals surface area contributed by atoms with Crippen molar-refractivity contribution in [2.45, 2.75) is 26.4 Å². The molecule has 2 aromatic rings. The van der Waals surface area contributed by atoms with E-state index >= 15 is 0 Å². The minimum atomic E-state index is 0.174. The molecule has 0 unspecified atom stereocenters. The van der Waals surface area contributed by atoms with Gasteiger partial charge in [-0.3, -0.25) is 0 Å². The highest BCUT2D eigenvalue weighted by Gasteiger charge is 2.19. The molecule has 2 aromatic carbocycles. The van der Waals surface area contributed by atoms with E-state index in [-0.39, 0.29) is 6.10 Å². The van der Waals surface area contributed by atoms with Crippen molar-refractivity contribution >= 4 is 0 Å². The molecule has 0 aromatic heterocycles. The van der Waals surface area contributed by atoms with Gasteiger partial charge in [-0.1, -0.05) is 12.1 Å². The molecule has 0 heterocycles. The number of benzene rings is 2. The highest BCUT2D eigenvalue weighted by Crippen LogP contribution is 2.40. The molecule has 0 saturated carbocycles. The highest BCUT2D eigenvalue weighted by molar-refractivity contribution is 5.78. The number of aromatic hydroxyl groups is 1. The third-order valence-corrected chi connectivity index (χ3v) is 3.22. The second kappa shape index (κ2) is 4.05. The van der Waals surface area contributed by atoms with Crippen LogP contribution in [0, 0.1) is 0 Å². The Balaban J connectivity index is 2.07. The zero-order valence-electron chi connectivity index (χ0n) is 10.6. The Hall–Kier alpha value is -1.96. The molecule has 0 aliphatic heterocycles. The Morgan fingerprint density at radius 1 is 1.00 bits per heavy atom. The standard InChI is InChI=1S/C16H16O2/c1-10(2)18-14-6-4-12-7-11-3-5-13(17)8-15(11)16(12)9-14/h3-6,8-10,17H,7H2,1-2H3. The fraction of sp³-hybridized carbons (Fsp3) is 0.250. The van der Waals surface area contributed by atoms with Gasteiger partial charge in [-0.25, -0.2) is 0 Å². The summed E-state index contributed by atoms with van der Waals surface area (Å²) in [6.45, 7) is 4.04. The molecule has 0 radical (unpaired) electrons. The van der Waals surface area contributed by atoms with Gasteiger partial charge in [0.2, 0.25) is 0 Å². The van der Waals surface area contributed by atoms with Crippen LogP contribution in [0.3, 0.4) is 0 Å². The van der Waals surface area contributed by atoms with Crippen LogP contribution in [0.5, 0.6) is 11.5 Å². The molecule has 0 spiro atoms. The molecule has 2 heteroatoms. The fourth-order valence-corrected chi connectivity index (χ4v) is 2.48. The summed E-state index contributed by atoms with van der Waals surface area (Å²) in [7, 11) is 0. The molecule has 1 aliphatic rings. The van der Waals surface area contributed by atoms with Crippen LogP contribution < -0.4 is 4.74 Å². The van der Waals surface area contributed by atoms with E-state index in [4.69, 9.17) is 4.74 Å². The van der Waals surface area contributed by atoms with Crippen molar-refractivity contribution in [2.24, 2.45) is 0 Å². The molecular formula is C16H16O2. The Morgan fingerprint density at radius 3 is 2.39 bits per heavy atom. The number of hydrogen-bond acceptors (Lipinski definition) is 2. The number of fused-ring (bicyclic) bond motifs is 3. The number of rotatable bonds is 2. The van der Waals surface area contributed by atoms with E-state index in [0.717, 1.165) is 17.7 Å². The van der Waals surface area contributed by atoms with Gasteiger partial charge in [-0.15, -0.1) is 0 Å². The van der Waals surface area contributed by atoms with Crippen molar-refractivity contribution in [3.63, 3.8) is 0 Å². The summed E-state index contributed by atoms with van der Waals surface area (Å²) in [6.07, 6.45) is 1.11. The Morgan fingerprint density at radius 2 is 1.67 bits per heavy atom. The highest BCUT2D eigenvalue weighted by atomic mass is 16.5. The molecule has 0 saturated heterocycles. The van der Waals surface area contributed by atoms with Gasteiger partial charge >= 0.3 is 0 Å². The van der Waals surface area contributed by atoms with E-state index in [1.165, 1.54) is 16.7 Å². The monoisotopic (exact) mass is 240 g/mol. The molecule has 3 rings (SSSR count). The number of hydrogen-bond donors (Lipinski definition) is 1. The van der Waals surface area contributed by atoms with E-state index in [9.17, 15) is 5.11 Å². The molecular weight excluding hydrogens is 224 g/mol. The van der Waals surface area contributed by atoms with Gasteiger partial charge < -0.3 is 9.84 Å². The molecule has 1 aliphatic carbocycles. The lowest BCUT2D eigenvalue weighted by molar-refractivity contribution is 0.242. The van der Waals surface area contributed by atoms with Crippen LogP contribution in [0.2, 0.25) is 0 Å². The molecule has 1 N–H and O–H groups in total. The van der Waals surface area contributed by atoms with Gasteiger partial charge in [0.1, 0.15) is 11.5 Å². The van der Waals surface area contributed by atoms with Crippen LogP contribution in [0.4, 0.5) is 0 Å². The average Bonchev–Trinajstić information content (AvgIpc) is 2.66. The van der Waals surface area contributed by atoms with Crippen LogP contribution >= 0.6 is 0 Å². The first-order chi connectivity index (χ1) is 8.63. The van der Waals surface area contributed by atoms with E-state index < -0.39 is 0 Å². The normalized spacial score (nSPS) is 12.4. The van der Waals surface area contributed by atoms with Gasteiger partial charge in [0, 0.05) is 0 Å². The van der Waals surface area contributed by atoms with Gasteiger partial charge in [0.05, 0.1) is 6.10 Å². The van der Waals surface area contributed by atoms with Crippen LogP contribution in [0.15, 0.2) is 36.4 Å². The third-order valence-electron chi connectivity index (χ3n) is 3.22. The van der Waals surface area contributed by atoms with Crippen LogP contribution in [0.25, 0.3) is 11.1 Å². The van der Waals surface area contributed by atoms with Crippen LogP contribution in [-0.2, 0) is 6.42 Å². The minimum absolute atomic E-state index is 0.174. The van der Waals surface area contributed by atoms with Crippen molar-refractivity contribution < 1.29 is 9.84 Å². The summed E-state index contributed by atoms with van der Waals surface area (Å²) in [4.78, 5) is 0. The van der Waals surface area contributed by atoms with E-state index in [1.807, 2.05) is 32.0 Å². The van der Waals surface area contributed by atoms with E-state index in [1.54, 1.807) is 6.07 Å². The minimum Gasteiger partial charge on any atom is -0.508 e. The summed E-state index contributed by atoms with van der Waals surface area (Å²) in [5, 5.41) is 9.61. The van der Waals surface area contributed by atoms with Crippen molar-refractivity contribution in [2.75, 3.05) is 0 Å². The van der Waals surface area contributed by atoms with Crippen LogP contribution in [0.1, 0.15) is 25.0 Å². The van der Waals surface area contributed by atoms with Gasteiger partial charge in [-0.05, 0) is 66.8 Å². The maximum absolute atomic E-state index is 9.61. The SMILES string of the molecule is CC(C)Oc1ccc2c(c1)-c1cc(O)ccc1C2.